The van der Waals surface area contributed by atoms with Gasteiger partial charge in [0.1, 0.15) is 0 Å². The Morgan fingerprint density at radius 3 is 1.33 bits per heavy atom. The second-order valence-electron chi connectivity index (χ2n) is 3.23. The number of hydrogen-bond acceptors (Lipinski definition) is 0. The van der Waals surface area contributed by atoms with Crippen LogP contribution in [0.2, 0.25) is 0 Å². The SMILES string of the molecule is CP(c1ccccc1)c1ccccc1.Cl. The largest absolute Gasteiger partial charge is 0.147 e. The highest BCUT2D eigenvalue weighted by atomic mass is 35.5. The Morgan fingerprint density at radius 2 is 1.00 bits per heavy atom. The molecule has 2 aromatic rings. The first kappa shape index (κ1) is 12.2. The van der Waals surface area contributed by atoms with E-state index in [-0.39, 0.29) is 20.3 Å². The molecule has 2 heteroatoms. The summed E-state index contributed by atoms with van der Waals surface area (Å²) in [6.45, 7) is 2.31. The van der Waals surface area contributed by atoms with Gasteiger partial charge in [0.2, 0.25) is 0 Å². The second-order valence-corrected chi connectivity index (χ2v) is 5.38. The predicted octanol–water partition coefficient (Wildman–Crippen LogP) is 3.17. The fraction of sp³-hybridized carbons (Fsp3) is 0.0769. The van der Waals surface area contributed by atoms with Crippen LogP contribution in [0.25, 0.3) is 0 Å². The van der Waals surface area contributed by atoms with Crippen molar-refractivity contribution in [1.82, 2.24) is 0 Å². The molecule has 2 aromatic carbocycles. The van der Waals surface area contributed by atoms with Crippen LogP contribution in [0, 0.1) is 0 Å². The molecule has 0 saturated carbocycles. The van der Waals surface area contributed by atoms with Crippen LogP contribution < -0.4 is 10.6 Å². The van der Waals surface area contributed by atoms with Crippen LogP contribution in [-0.2, 0) is 0 Å². The lowest BCUT2D eigenvalue weighted by molar-refractivity contribution is 1.75. The Morgan fingerprint density at radius 1 is 0.667 bits per heavy atom. The Bertz CT molecular complexity index is 346. The van der Waals surface area contributed by atoms with Crippen LogP contribution in [0.15, 0.2) is 60.7 Å². The van der Waals surface area contributed by atoms with Gasteiger partial charge in [-0.05, 0) is 25.2 Å². The first-order valence-corrected chi connectivity index (χ1v) is 6.50. The van der Waals surface area contributed by atoms with Crippen LogP contribution in [-0.4, -0.2) is 6.66 Å². The van der Waals surface area contributed by atoms with Crippen LogP contribution >= 0.6 is 20.3 Å². The molecule has 0 aliphatic carbocycles. The van der Waals surface area contributed by atoms with E-state index in [0.29, 0.717) is 0 Å². The molecule has 0 N–H and O–H groups in total. The van der Waals surface area contributed by atoms with Crippen molar-refractivity contribution in [2.45, 2.75) is 0 Å². The maximum absolute atomic E-state index is 2.31. The van der Waals surface area contributed by atoms with Gasteiger partial charge in [-0.15, -0.1) is 12.4 Å². The first-order chi connectivity index (χ1) is 6.88. The van der Waals surface area contributed by atoms with Crippen molar-refractivity contribution in [2.24, 2.45) is 0 Å². The fourth-order valence-electron chi connectivity index (χ4n) is 1.45. The lowest BCUT2D eigenvalue weighted by atomic mass is 10.4. The van der Waals surface area contributed by atoms with Crippen molar-refractivity contribution in [1.29, 1.82) is 0 Å². The quantitative estimate of drug-likeness (QED) is 0.703. The molecule has 0 radical (unpaired) electrons. The van der Waals surface area contributed by atoms with Gasteiger partial charge in [0, 0.05) is 0 Å². The number of rotatable bonds is 2. The van der Waals surface area contributed by atoms with Gasteiger partial charge in [0.05, 0.1) is 0 Å². The maximum atomic E-state index is 2.31. The highest BCUT2D eigenvalue weighted by Gasteiger charge is 2.05. The highest BCUT2D eigenvalue weighted by Crippen LogP contribution is 2.27. The smallest absolute Gasteiger partial charge is 0.0198 e. The minimum absolute atomic E-state index is 0. The molecule has 0 bridgehead atoms. The van der Waals surface area contributed by atoms with Crippen molar-refractivity contribution in [3.8, 4) is 0 Å². The van der Waals surface area contributed by atoms with Gasteiger partial charge in [-0.3, -0.25) is 0 Å². The van der Waals surface area contributed by atoms with Gasteiger partial charge in [-0.25, -0.2) is 0 Å². The number of benzene rings is 2. The van der Waals surface area contributed by atoms with Gasteiger partial charge in [-0.2, -0.15) is 0 Å². The van der Waals surface area contributed by atoms with E-state index < -0.39 is 0 Å². The summed E-state index contributed by atoms with van der Waals surface area (Å²) in [6.07, 6.45) is 0. The zero-order valence-corrected chi connectivity index (χ0v) is 10.3. The Labute approximate surface area is 98.5 Å². The topological polar surface area (TPSA) is 0 Å². The van der Waals surface area contributed by atoms with E-state index in [4.69, 9.17) is 0 Å². The molecule has 0 aliphatic heterocycles. The van der Waals surface area contributed by atoms with E-state index in [0.717, 1.165) is 0 Å². The summed E-state index contributed by atoms with van der Waals surface area (Å²) >= 11 is 0. The summed E-state index contributed by atoms with van der Waals surface area (Å²) in [7, 11) is -0.171. The Hall–Kier alpha value is -0.840. The maximum Gasteiger partial charge on any atom is -0.0198 e. The monoisotopic (exact) mass is 236 g/mol. The van der Waals surface area contributed by atoms with E-state index in [1.54, 1.807) is 0 Å². The summed E-state index contributed by atoms with van der Waals surface area (Å²) in [5.41, 5.74) is 0. The van der Waals surface area contributed by atoms with E-state index in [1.165, 1.54) is 10.6 Å². The molecular weight excluding hydrogens is 223 g/mol. The molecule has 0 amide bonds. The first-order valence-electron chi connectivity index (χ1n) is 4.72. The van der Waals surface area contributed by atoms with Crippen molar-refractivity contribution >= 4 is 30.9 Å². The second kappa shape index (κ2) is 5.90. The molecule has 2 rings (SSSR count). The lowest BCUT2D eigenvalue weighted by Crippen LogP contribution is -2.09. The molecular formula is C13H14ClP. The molecule has 0 heterocycles. The van der Waals surface area contributed by atoms with Crippen molar-refractivity contribution in [2.75, 3.05) is 6.66 Å². The standard InChI is InChI=1S/C13H13P.ClH/c1-14(12-8-4-2-5-9-12)13-10-6-3-7-11-13;/h2-11H,1H3;1H. The molecule has 0 fully saturated rings. The third kappa shape index (κ3) is 3.06. The van der Waals surface area contributed by atoms with Gasteiger partial charge in [0.15, 0.2) is 0 Å². The van der Waals surface area contributed by atoms with Crippen molar-refractivity contribution < 1.29 is 0 Å². The summed E-state index contributed by atoms with van der Waals surface area (Å²) in [4.78, 5) is 0. The summed E-state index contributed by atoms with van der Waals surface area (Å²) in [5, 5.41) is 2.88. The van der Waals surface area contributed by atoms with Crippen molar-refractivity contribution in [3.05, 3.63) is 60.7 Å². The van der Waals surface area contributed by atoms with Gasteiger partial charge in [0.25, 0.3) is 0 Å². The van der Waals surface area contributed by atoms with Crippen LogP contribution in [0.4, 0.5) is 0 Å². The normalized spacial score (nSPS) is 9.73. The number of hydrogen-bond donors (Lipinski definition) is 0. The lowest BCUT2D eigenvalue weighted by Gasteiger charge is -2.12. The Kier molecular flexibility index (Phi) is 4.81. The Balaban J connectivity index is 0.00000112. The summed E-state index contributed by atoms with van der Waals surface area (Å²) in [6, 6.07) is 21.4. The minimum Gasteiger partial charge on any atom is -0.147 e. The molecule has 0 nitrogen and oxygen atoms in total. The summed E-state index contributed by atoms with van der Waals surface area (Å²) < 4.78 is 0. The van der Waals surface area contributed by atoms with Crippen LogP contribution in [0.5, 0.6) is 0 Å². The number of halogens is 1. The molecule has 0 aliphatic rings. The molecule has 0 spiro atoms. The van der Waals surface area contributed by atoms with E-state index in [9.17, 15) is 0 Å². The van der Waals surface area contributed by atoms with E-state index in [2.05, 4.69) is 67.3 Å². The van der Waals surface area contributed by atoms with E-state index in [1.807, 2.05) is 0 Å². The predicted molar refractivity (Wildman–Crippen MR) is 72.2 cm³/mol. The zero-order valence-electron chi connectivity index (χ0n) is 8.63. The van der Waals surface area contributed by atoms with Crippen LogP contribution in [0.3, 0.4) is 0 Å². The minimum atomic E-state index is -0.171. The van der Waals surface area contributed by atoms with Gasteiger partial charge in [-0.1, -0.05) is 60.7 Å². The molecule has 0 aromatic heterocycles. The van der Waals surface area contributed by atoms with Gasteiger partial charge < -0.3 is 0 Å². The average Bonchev–Trinajstić information content (AvgIpc) is 2.30. The third-order valence-corrected chi connectivity index (χ3v) is 4.43. The summed E-state index contributed by atoms with van der Waals surface area (Å²) in [5.74, 6) is 0. The molecule has 0 saturated heterocycles. The molecule has 0 atom stereocenters. The molecule has 15 heavy (non-hydrogen) atoms. The highest BCUT2D eigenvalue weighted by molar-refractivity contribution is 7.72. The van der Waals surface area contributed by atoms with Crippen molar-refractivity contribution in [3.63, 3.8) is 0 Å². The molecule has 0 unspecified atom stereocenters. The average molecular weight is 237 g/mol. The fourth-order valence-corrected chi connectivity index (χ4v) is 2.99. The third-order valence-electron chi connectivity index (χ3n) is 2.29. The van der Waals surface area contributed by atoms with Crippen LogP contribution in [0.1, 0.15) is 0 Å². The molecule has 78 valence electrons. The van der Waals surface area contributed by atoms with E-state index >= 15 is 0 Å². The van der Waals surface area contributed by atoms with Gasteiger partial charge >= 0.3 is 0 Å². The zero-order chi connectivity index (χ0) is 9.80.